The van der Waals surface area contributed by atoms with Gasteiger partial charge < -0.3 is 5.32 Å². The van der Waals surface area contributed by atoms with Crippen molar-refractivity contribution in [2.75, 3.05) is 5.32 Å². The topological polar surface area (TPSA) is 61.6 Å². The molecule has 0 amide bonds. The molecule has 18 heavy (non-hydrogen) atoms. The summed E-state index contributed by atoms with van der Waals surface area (Å²) in [6.07, 6.45) is 1.79. The van der Waals surface area contributed by atoms with E-state index in [1.54, 1.807) is 0 Å². The Kier molecular flexibility index (Phi) is 4.13. The van der Waals surface area contributed by atoms with E-state index in [0.29, 0.717) is 21.9 Å². The zero-order valence-electron chi connectivity index (χ0n) is 9.19. The Bertz CT molecular complexity index is 592. The second kappa shape index (κ2) is 5.80. The average molecular weight is 324 g/mol. The minimum atomic E-state index is 0.355. The van der Waals surface area contributed by atoms with Gasteiger partial charge in [0.25, 0.3) is 0 Å². The fourth-order valence-corrected chi connectivity index (χ4v) is 1.81. The van der Waals surface area contributed by atoms with Crippen molar-refractivity contribution in [2.24, 2.45) is 0 Å². The molecular formula is C12H8BrClN4. The molecule has 1 aromatic heterocycles. The molecule has 0 spiro atoms. The molecule has 0 radical (unpaired) electrons. The Morgan fingerprint density at radius 2 is 2.00 bits per heavy atom. The van der Waals surface area contributed by atoms with E-state index in [1.807, 2.05) is 24.3 Å². The molecule has 1 aromatic carbocycles. The molecule has 0 aliphatic rings. The molecule has 0 fully saturated rings. The molecule has 1 heterocycles. The van der Waals surface area contributed by atoms with Gasteiger partial charge in [-0.25, -0.2) is 9.97 Å². The lowest BCUT2D eigenvalue weighted by atomic mass is 10.1. The van der Waals surface area contributed by atoms with Crippen LogP contribution in [0.2, 0.25) is 5.15 Å². The van der Waals surface area contributed by atoms with Crippen molar-refractivity contribution >= 4 is 39.0 Å². The van der Waals surface area contributed by atoms with Gasteiger partial charge in [0.15, 0.2) is 0 Å². The van der Waals surface area contributed by atoms with Crippen LogP contribution in [0.15, 0.2) is 35.1 Å². The summed E-state index contributed by atoms with van der Waals surface area (Å²) in [6.45, 7) is 0. The van der Waals surface area contributed by atoms with Crippen LogP contribution in [0.4, 0.5) is 11.5 Å². The first-order valence-electron chi connectivity index (χ1n) is 5.09. The van der Waals surface area contributed by atoms with Crippen LogP contribution in [-0.4, -0.2) is 9.97 Å². The van der Waals surface area contributed by atoms with Crippen LogP contribution in [0.3, 0.4) is 0 Å². The quantitative estimate of drug-likeness (QED) is 0.875. The highest BCUT2D eigenvalue weighted by atomic mass is 79.9. The molecule has 90 valence electrons. The number of anilines is 2. The van der Waals surface area contributed by atoms with Crippen LogP contribution >= 0.6 is 27.5 Å². The third-order valence-corrected chi connectivity index (χ3v) is 3.51. The monoisotopic (exact) mass is 322 g/mol. The molecule has 1 N–H and O–H groups in total. The van der Waals surface area contributed by atoms with Gasteiger partial charge in [-0.1, -0.05) is 23.7 Å². The van der Waals surface area contributed by atoms with Crippen molar-refractivity contribution in [3.63, 3.8) is 0 Å². The molecule has 6 heteroatoms. The summed E-state index contributed by atoms with van der Waals surface area (Å²) >= 11 is 9.19. The van der Waals surface area contributed by atoms with Gasteiger partial charge in [-0.05, 0) is 33.6 Å². The minimum absolute atomic E-state index is 0.355. The number of nitrogens with zero attached hydrogens (tertiary/aromatic N) is 3. The second-order valence-electron chi connectivity index (χ2n) is 3.48. The van der Waals surface area contributed by atoms with Crippen LogP contribution in [0.25, 0.3) is 0 Å². The maximum absolute atomic E-state index is 8.59. The Labute approximate surface area is 118 Å². The van der Waals surface area contributed by atoms with E-state index in [0.717, 1.165) is 11.3 Å². The number of rotatable bonds is 3. The Morgan fingerprint density at radius 3 is 2.67 bits per heavy atom. The van der Waals surface area contributed by atoms with E-state index in [4.69, 9.17) is 16.9 Å². The molecule has 0 unspecified atom stereocenters. The van der Waals surface area contributed by atoms with Gasteiger partial charge >= 0.3 is 0 Å². The molecule has 0 aliphatic carbocycles. The summed E-state index contributed by atoms with van der Waals surface area (Å²) in [5.74, 6) is 0.600. The third-order valence-electron chi connectivity index (χ3n) is 2.25. The molecule has 2 rings (SSSR count). The van der Waals surface area contributed by atoms with Gasteiger partial charge in [-0.3, -0.25) is 0 Å². The van der Waals surface area contributed by atoms with E-state index in [-0.39, 0.29) is 0 Å². The van der Waals surface area contributed by atoms with Crippen LogP contribution in [-0.2, 0) is 6.42 Å². The molecule has 2 aromatic rings. The summed E-state index contributed by atoms with van der Waals surface area (Å²) in [7, 11) is 0. The molecular weight excluding hydrogens is 316 g/mol. The van der Waals surface area contributed by atoms with Crippen LogP contribution in [0, 0.1) is 11.3 Å². The standard InChI is InChI=1S/C12H8BrClN4/c13-10-11(14)16-7-17-12(10)18-9-3-1-8(2-4-9)5-6-15/h1-4,7H,5H2,(H,16,17,18). The fourth-order valence-electron chi connectivity index (χ4n) is 1.37. The molecule has 0 saturated carbocycles. The third kappa shape index (κ3) is 2.97. The molecule has 0 aliphatic heterocycles. The summed E-state index contributed by atoms with van der Waals surface area (Å²) < 4.78 is 0.618. The normalized spacial score (nSPS) is 9.83. The van der Waals surface area contributed by atoms with Gasteiger partial charge in [-0.15, -0.1) is 0 Å². The Morgan fingerprint density at radius 1 is 1.28 bits per heavy atom. The van der Waals surface area contributed by atoms with Gasteiger partial charge in [0, 0.05) is 5.69 Å². The average Bonchev–Trinajstić information content (AvgIpc) is 2.38. The predicted molar refractivity (Wildman–Crippen MR) is 73.8 cm³/mol. The van der Waals surface area contributed by atoms with E-state index >= 15 is 0 Å². The molecule has 0 bridgehead atoms. The SMILES string of the molecule is N#CCc1ccc(Nc2ncnc(Cl)c2Br)cc1. The summed E-state index contributed by atoms with van der Waals surface area (Å²) in [4.78, 5) is 7.94. The van der Waals surface area contributed by atoms with E-state index in [1.165, 1.54) is 6.33 Å². The first kappa shape index (κ1) is 12.8. The number of nitriles is 1. The van der Waals surface area contributed by atoms with Gasteiger partial charge in [0.1, 0.15) is 17.3 Å². The minimum Gasteiger partial charge on any atom is -0.339 e. The van der Waals surface area contributed by atoms with Crippen molar-refractivity contribution in [1.29, 1.82) is 5.26 Å². The van der Waals surface area contributed by atoms with Crippen molar-refractivity contribution in [2.45, 2.75) is 6.42 Å². The number of aromatic nitrogens is 2. The fraction of sp³-hybridized carbons (Fsp3) is 0.0833. The van der Waals surface area contributed by atoms with Crippen molar-refractivity contribution in [1.82, 2.24) is 9.97 Å². The van der Waals surface area contributed by atoms with Crippen molar-refractivity contribution < 1.29 is 0 Å². The predicted octanol–water partition coefficient (Wildman–Crippen LogP) is 3.70. The van der Waals surface area contributed by atoms with E-state index in [2.05, 4.69) is 37.3 Å². The lowest BCUT2D eigenvalue weighted by Crippen LogP contribution is -1.96. The van der Waals surface area contributed by atoms with Gasteiger partial charge in [0.2, 0.25) is 0 Å². The number of hydrogen-bond acceptors (Lipinski definition) is 4. The van der Waals surface area contributed by atoms with Gasteiger partial charge in [0.05, 0.1) is 17.0 Å². The zero-order chi connectivity index (χ0) is 13.0. The number of hydrogen-bond donors (Lipinski definition) is 1. The lowest BCUT2D eigenvalue weighted by molar-refractivity contribution is 1.15. The first-order valence-corrected chi connectivity index (χ1v) is 6.26. The Hall–Kier alpha value is -1.64. The molecule has 0 saturated heterocycles. The molecule has 4 nitrogen and oxygen atoms in total. The first-order chi connectivity index (χ1) is 8.70. The number of nitrogens with one attached hydrogen (secondary N) is 1. The lowest BCUT2D eigenvalue weighted by Gasteiger charge is -2.08. The second-order valence-corrected chi connectivity index (χ2v) is 4.63. The zero-order valence-corrected chi connectivity index (χ0v) is 11.5. The van der Waals surface area contributed by atoms with Gasteiger partial charge in [-0.2, -0.15) is 5.26 Å². The van der Waals surface area contributed by atoms with E-state index < -0.39 is 0 Å². The highest BCUT2D eigenvalue weighted by Gasteiger charge is 2.06. The maximum Gasteiger partial charge on any atom is 0.149 e. The largest absolute Gasteiger partial charge is 0.339 e. The highest BCUT2D eigenvalue weighted by molar-refractivity contribution is 9.10. The van der Waals surface area contributed by atoms with Crippen molar-refractivity contribution in [3.05, 3.63) is 45.8 Å². The van der Waals surface area contributed by atoms with Crippen molar-refractivity contribution in [3.8, 4) is 6.07 Å². The Balaban J connectivity index is 2.19. The number of benzene rings is 1. The maximum atomic E-state index is 8.59. The summed E-state index contributed by atoms with van der Waals surface area (Å²) in [5, 5.41) is 12.1. The van der Waals surface area contributed by atoms with Crippen LogP contribution in [0.1, 0.15) is 5.56 Å². The summed E-state index contributed by atoms with van der Waals surface area (Å²) in [5.41, 5.74) is 1.84. The number of halogens is 2. The highest BCUT2D eigenvalue weighted by Crippen LogP contribution is 2.28. The summed E-state index contributed by atoms with van der Waals surface area (Å²) in [6, 6.07) is 9.65. The van der Waals surface area contributed by atoms with Crippen LogP contribution in [0.5, 0.6) is 0 Å². The van der Waals surface area contributed by atoms with E-state index in [9.17, 15) is 0 Å². The smallest absolute Gasteiger partial charge is 0.149 e. The van der Waals surface area contributed by atoms with Crippen LogP contribution < -0.4 is 5.32 Å². The molecule has 0 atom stereocenters.